The van der Waals surface area contributed by atoms with Gasteiger partial charge in [-0.25, -0.2) is 10.4 Å². The Morgan fingerprint density at radius 3 is 2.88 bits per heavy atom. The van der Waals surface area contributed by atoms with Gasteiger partial charge in [-0.15, -0.1) is 0 Å². The van der Waals surface area contributed by atoms with Crippen LogP contribution in [0, 0.1) is 28.4 Å². The molecular formula is C22H24N6O5S. The van der Waals surface area contributed by atoms with Crippen molar-refractivity contribution in [2.45, 2.75) is 18.6 Å². The number of anilines is 1. The number of carbonyl (C=O) groups excluding carboxylic acids is 1. The molecule has 12 heteroatoms. The number of ether oxygens (including phenoxy) is 2. The summed E-state index contributed by atoms with van der Waals surface area (Å²) in [5.74, 6) is -0.411. The van der Waals surface area contributed by atoms with Gasteiger partial charge in [-0.05, 0) is 24.6 Å². The van der Waals surface area contributed by atoms with E-state index in [0.717, 1.165) is 11.8 Å². The van der Waals surface area contributed by atoms with Crippen molar-refractivity contribution in [3.63, 3.8) is 0 Å². The Hall–Kier alpha value is -3.53. The van der Waals surface area contributed by atoms with E-state index in [-0.39, 0.29) is 18.0 Å². The summed E-state index contributed by atoms with van der Waals surface area (Å²) in [7, 11) is 1.54. The van der Waals surface area contributed by atoms with E-state index in [1.165, 1.54) is 12.3 Å². The van der Waals surface area contributed by atoms with Gasteiger partial charge in [-0.1, -0.05) is 17.8 Å². The van der Waals surface area contributed by atoms with E-state index >= 15 is 0 Å². The Morgan fingerprint density at radius 1 is 1.44 bits per heavy atom. The number of nitrogens with one attached hydrogen (secondary N) is 1. The van der Waals surface area contributed by atoms with Gasteiger partial charge in [0.05, 0.1) is 42.3 Å². The number of aryl methyl sites for hydroxylation is 1. The van der Waals surface area contributed by atoms with Crippen LogP contribution in [0.1, 0.15) is 22.4 Å². The van der Waals surface area contributed by atoms with Gasteiger partial charge >= 0.3 is 0 Å². The maximum atomic E-state index is 12.2. The fraction of sp³-hybridized carbons (Fsp3) is 0.364. The van der Waals surface area contributed by atoms with E-state index in [9.17, 15) is 20.2 Å². The highest BCUT2D eigenvalue weighted by Gasteiger charge is 2.21. The maximum absolute atomic E-state index is 12.2. The number of amides is 1. The standard InChI is InChI=1S/C22H24N6O5S/c1-15-9-17(13-32-2)18(11-23)22(25-15)34-14-21(29)26-24-12-16-3-4-19(20(10-16)28(30)31)27-5-7-33-8-6-27/h3-4,9-10,12H,5-8,13-14H2,1-2H3,(H,26,29)/b24-12+. The smallest absolute Gasteiger partial charge is 0.293 e. The molecule has 0 spiro atoms. The normalized spacial score (nSPS) is 13.6. The molecule has 0 bridgehead atoms. The van der Waals surface area contributed by atoms with Gasteiger partial charge in [0.25, 0.3) is 5.69 Å². The van der Waals surface area contributed by atoms with Crippen LogP contribution in [0.25, 0.3) is 0 Å². The minimum Gasteiger partial charge on any atom is -0.380 e. The summed E-state index contributed by atoms with van der Waals surface area (Å²) in [6.45, 7) is 4.28. The van der Waals surface area contributed by atoms with Gasteiger partial charge in [0, 0.05) is 37.5 Å². The van der Waals surface area contributed by atoms with E-state index in [4.69, 9.17) is 9.47 Å². The maximum Gasteiger partial charge on any atom is 0.293 e. The first kappa shape index (κ1) is 25.1. The number of carbonyl (C=O) groups is 1. The molecule has 0 saturated carbocycles. The number of rotatable bonds is 9. The van der Waals surface area contributed by atoms with Gasteiger partial charge in [-0.3, -0.25) is 14.9 Å². The Bertz CT molecular complexity index is 1130. The van der Waals surface area contributed by atoms with Crippen LogP contribution < -0.4 is 10.3 Å². The van der Waals surface area contributed by atoms with E-state index < -0.39 is 10.8 Å². The molecule has 1 fully saturated rings. The van der Waals surface area contributed by atoms with Crippen molar-refractivity contribution in [2.24, 2.45) is 5.10 Å². The number of nitriles is 1. The van der Waals surface area contributed by atoms with Crippen molar-refractivity contribution in [1.82, 2.24) is 10.4 Å². The van der Waals surface area contributed by atoms with Crippen molar-refractivity contribution in [3.05, 3.63) is 56.8 Å². The van der Waals surface area contributed by atoms with Crippen molar-refractivity contribution < 1.29 is 19.2 Å². The average molecular weight is 485 g/mol. The molecule has 2 heterocycles. The van der Waals surface area contributed by atoms with E-state index in [0.29, 0.717) is 59.4 Å². The minimum atomic E-state index is -0.434. The summed E-state index contributed by atoms with van der Waals surface area (Å²) in [6, 6.07) is 8.69. The topological polar surface area (TPSA) is 143 Å². The Balaban J connectivity index is 1.63. The molecule has 34 heavy (non-hydrogen) atoms. The highest BCUT2D eigenvalue weighted by atomic mass is 32.2. The Kier molecular flexibility index (Phi) is 8.92. The van der Waals surface area contributed by atoms with E-state index in [2.05, 4.69) is 21.6 Å². The van der Waals surface area contributed by atoms with Crippen LogP contribution in [0.4, 0.5) is 11.4 Å². The zero-order chi connectivity index (χ0) is 24.5. The SMILES string of the molecule is COCc1cc(C)nc(SCC(=O)N/N=C/c2ccc(N3CCOCC3)c([N+](=O)[O-])c2)c1C#N. The molecule has 0 atom stereocenters. The lowest BCUT2D eigenvalue weighted by atomic mass is 10.1. The van der Waals surface area contributed by atoms with Gasteiger partial charge in [0.2, 0.25) is 5.91 Å². The first-order chi connectivity index (χ1) is 16.4. The third-order valence-corrected chi connectivity index (χ3v) is 5.87. The number of benzene rings is 1. The van der Waals surface area contributed by atoms with E-state index in [1.54, 1.807) is 32.2 Å². The van der Waals surface area contributed by atoms with Gasteiger partial charge in [0.1, 0.15) is 16.8 Å². The molecule has 178 valence electrons. The number of aromatic nitrogens is 1. The lowest BCUT2D eigenvalue weighted by Gasteiger charge is -2.28. The van der Waals surface area contributed by atoms with Gasteiger partial charge < -0.3 is 14.4 Å². The number of hydrogen-bond acceptors (Lipinski definition) is 10. The number of hydrazone groups is 1. The summed E-state index contributed by atoms with van der Waals surface area (Å²) in [5, 5.41) is 25.4. The highest BCUT2D eigenvalue weighted by Crippen LogP contribution is 2.29. The second kappa shape index (κ2) is 12.1. The van der Waals surface area contributed by atoms with Crippen molar-refractivity contribution >= 4 is 35.3 Å². The van der Waals surface area contributed by atoms with E-state index in [1.807, 2.05) is 4.90 Å². The molecule has 0 radical (unpaired) electrons. The Labute approximate surface area is 200 Å². The molecule has 1 saturated heterocycles. The van der Waals surface area contributed by atoms with Crippen molar-refractivity contribution in [3.8, 4) is 6.07 Å². The monoisotopic (exact) mass is 484 g/mol. The highest BCUT2D eigenvalue weighted by molar-refractivity contribution is 8.00. The molecule has 1 N–H and O–H groups in total. The van der Waals surface area contributed by atoms with Crippen LogP contribution in [0.2, 0.25) is 0 Å². The second-order valence-electron chi connectivity index (χ2n) is 7.33. The zero-order valence-electron chi connectivity index (χ0n) is 18.8. The number of nitrogens with zero attached hydrogens (tertiary/aromatic N) is 5. The summed E-state index contributed by atoms with van der Waals surface area (Å²) in [4.78, 5) is 29.6. The van der Waals surface area contributed by atoms with Gasteiger partial charge in [0.15, 0.2) is 0 Å². The van der Waals surface area contributed by atoms with Crippen LogP contribution >= 0.6 is 11.8 Å². The number of methoxy groups -OCH3 is 1. The zero-order valence-corrected chi connectivity index (χ0v) is 19.6. The molecule has 11 nitrogen and oxygen atoms in total. The number of hydrogen-bond donors (Lipinski definition) is 1. The summed E-state index contributed by atoms with van der Waals surface area (Å²) < 4.78 is 10.4. The van der Waals surface area contributed by atoms with Crippen LogP contribution in [0.5, 0.6) is 0 Å². The molecule has 2 aromatic rings. The predicted octanol–water partition coefficient (Wildman–Crippen LogP) is 2.40. The third kappa shape index (κ3) is 6.50. The van der Waals surface area contributed by atoms with Crippen molar-refractivity contribution in [1.29, 1.82) is 5.26 Å². The number of thioether (sulfide) groups is 1. The number of nitro groups is 1. The molecular weight excluding hydrogens is 460 g/mol. The lowest BCUT2D eigenvalue weighted by molar-refractivity contribution is -0.384. The first-order valence-corrected chi connectivity index (χ1v) is 11.4. The molecule has 1 aromatic heterocycles. The van der Waals surface area contributed by atoms with Gasteiger partial charge in [-0.2, -0.15) is 10.4 Å². The molecule has 3 rings (SSSR count). The molecule has 1 aliphatic rings. The molecule has 1 aliphatic heterocycles. The fourth-order valence-corrected chi connectivity index (χ4v) is 4.25. The summed E-state index contributed by atoms with van der Waals surface area (Å²) in [5.41, 5.74) is 5.17. The summed E-state index contributed by atoms with van der Waals surface area (Å²) >= 11 is 1.12. The molecule has 0 aliphatic carbocycles. The van der Waals surface area contributed by atoms with Crippen LogP contribution in [0.15, 0.2) is 34.4 Å². The Morgan fingerprint density at radius 2 is 2.21 bits per heavy atom. The van der Waals surface area contributed by atoms with Crippen LogP contribution in [-0.2, 0) is 20.9 Å². The number of pyridine rings is 1. The average Bonchev–Trinajstić information content (AvgIpc) is 2.83. The number of morpholine rings is 1. The van der Waals surface area contributed by atoms with Crippen LogP contribution in [-0.4, -0.2) is 61.2 Å². The summed E-state index contributed by atoms with van der Waals surface area (Å²) in [6.07, 6.45) is 1.35. The first-order valence-electron chi connectivity index (χ1n) is 10.4. The second-order valence-corrected chi connectivity index (χ2v) is 8.30. The molecule has 0 unspecified atom stereocenters. The predicted molar refractivity (Wildman–Crippen MR) is 127 cm³/mol. The third-order valence-electron chi connectivity index (χ3n) is 4.90. The number of nitro benzene ring substituents is 1. The lowest BCUT2D eigenvalue weighted by Crippen LogP contribution is -2.36. The quantitative estimate of drug-likeness (QED) is 0.245. The fourth-order valence-electron chi connectivity index (χ4n) is 3.39. The van der Waals surface area contributed by atoms with Crippen LogP contribution in [0.3, 0.4) is 0 Å². The minimum absolute atomic E-state index is 0.00892. The largest absolute Gasteiger partial charge is 0.380 e. The molecule has 1 aromatic carbocycles. The molecule has 1 amide bonds. The van der Waals surface area contributed by atoms with Crippen molar-refractivity contribution in [2.75, 3.05) is 44.1 Å².